The standard InChI is InChI=1S/C17H26FN3O4S/c1-14(2)25-13-5-8-19-17(22)20-9-11-21(12-10-20)26(23,24)16-7-4-3-6-15(16)18/h3-4,6-7,14H,5,8-13H2,1-2H3,(H,19,22). The molecule has 0 aliphatic carbocycles. The van der Waals surface area contributed by atoms with E-state index in [9.17, 15) is 17.6 Å². The SMILES string of the molecule is CC(C)OCCCNC(=O)N1CCN(S(=O)(=O)c2ccccc2F)CC1. The van der Waals surface area contributed by atoms with Gasteiger partial charge in [0.05, 0.1) is 6.10 Å². The molecule has 26 heavy (non-hydrogen) atoms. The van der Waals surface area contributed by atoms with Crippen LogP contribution in [0, 0.1) is 5.82 Å². The summed E-state index contributed by atoms with van der Waals surface area (Å²) in [6, 6.07) is 5.09. The fourth-order valence-corrected chi connectivity index (χ4v) is 4.11. The van der Waals surface area contributed by atoms with Gasteiger partial charge in [-0.1, -0.05) is 12.1 Å². The molecule has 9 heteroatoms. The average molecular weight is 387 g/mol. The second kappa shape index (κ2) is 9.29. The van der Waals surface area contributed by atoms with Crippen molar-refractivity contribution in [3.63, 3.8) is 0 Å². The Balaban J connectivity index is 1.81. The number of benzene rings is 1. The second-order valence-electron chi connectivity index (χ2n) is 6.33. The number of sulfonamides is 1. The zero-order chi connectivity index (χ0) is 19.2. The molecule has 1 aliphatic heterocycles. The number of ether oxygens (including phenoxy) is 1. The topological polar surface area (TPSA) is 79.0 Å². The monoisotopic (exact) mass is 387 g/mol. The van der Waals surface area contributed by atoms with Crippen molar-refractivity contribution < 1.29 is 22.3 Å². The Labute approximate surface area is 154 Å². The van der Waals surface area contributed by atoms with Gasteiger partial charge in [-0.25, -0.2) is 17.6 Å². The molecule has 1 aromatic carbocycles. The average Bonchev–Trinajstić information content (AvgIpc) is 2.61. The van der Waals surface area contributed by atoms with Crippen LogP contribution in [0.4, 0.5) is 9.18 Å². The van der Waals surface area contributed by atoms with Gasteiger partial charge in [0, 0.05) is 39.3 Å². The molecule has 0 spiro atoms. The number of piperazine rings is 1. The minimum Gasteiger partial charge on any atom is -0.379 e. The summed E-state index contributed by atoms with van der Waals surface area (Å²) in [6.45, 7) is 5.79. The summed E-state index contributed by atoms with van der Waals surface area (Å²) in [6.07, 6.45) is 0.876. The minimum absolute atomic E-state index is 0.139. The lowest BCUT2D eigenvalue weighted by Crippen LogP contribution is -2.53. The van der Waals surface area contributed by atoms with Crippen LogP contribution in [0.1, 0.15) is 20.3 Å². The van der Waals surface area contributed by atoms with E-state index in [2.05, 4.69) is 5.32 Å². The highest BCUT2D eigenvalue weighted by Gasteiger charge is 2.31. The number of hydrogen-bond donors (Lipinski definition) is 1. The summed E-state index contributed by atoms with van der Waals surface area (Å²) in [4.78, 5) is 13.4. The second-order valence-corrected chi connectivity index (χ2v) is 8.23. The Morgan fingerprint density at radius 1 is 1.23 bits per heavy atom. The summed E-state index contributed by atoms with van der Waals surface area (Å²) in [7, 11) is -3.89. The number of hydrogen-bond acceptors (Lipinski definition) is 4. The van der Waals surface area contributed by atoms with Crippen molar-refractivity contribution in [1.82, 2.24) is 14.5 Å². The van der Waals surface area contributed by atoms with Crippen LogP contribution in [-0.4, -0.2) is 69.1 Å². The number of urea groups is 1. The van der Waals surface area contributed by atoms with Gasteiger partial charge >= 0.3 is 6.03 Å². The normalized spacial score (nSPS) is 16.1. The molecule has 7 nitrogen and oxygen atoms in total. The summed E-state index contributed by atoms with van der Waals surface area (Å²) < 4.78 is 45.5. The van der Waals surface area contributed by atoms with Crippen LogP contribution in [0.25, 0.3) is 0 Å². The Hall–Kier alpha value is -1.71. The number of carbonyl (C=O) groups is 1. The lowest BCUT2D eigenvalue weighted by atomic mass is 10.3. The first-order valence-electron chi connectivity index (χ1n) is 8.71. The molecule has 0 aromatic heterocycles. The molecule has 1 fully saturated rings. The minimum atomic E-state index is -3.89. The number of amides is 2. The third kappa shape index (κ3) is 5.39. The predicted molar refractivity (Wildman–Crippen MR) is 95.8 cm³/mol. The molecule has 1 aliphatic rings. The van der Waals surface area contributed by atoms with Crippen molar-refractivity contribution >= 4 is 16.1 Å². The van der Waals surface area contributed by atoms with Crippen molar-refractivity contribution in [2.75, 3.05) is 39.3 Å². The summed E-state index contributed by atoms with van der Waals surface area (Å²) >= 11 is 0. The van der Waals surface area contributed by atoms with Gasteiger partial charge in [0.2, 0.25) is 10.0 Å². The zero-order valence-electron chi connectivity index (χ0n) is 15.2. The number of halogens is 1. The maximum atomic E-state index is 13.8. The van der Waals surface area contributed by atoms with Gasteiger partial charge in [-0.2, -0.15) is 4.31 Å². The Morgan fingerprint density at radius 2 is 1.88 bits per heavy atom. The molecular weight excluding hydrogens is 361 g/mol. The van der Waals surface area contributed by atoms with E-state index in [-0.39, 0.29) is 43.2 Å². The van der Waals surface area contributed by atoms with Crippen molar-refractivity contribution in [3.05, 3.63) is 30.1 Å². The zero-order valence-corrected chi connectivity index (χ0v) is 16.0. The first kappa shape index (κ1) is 20.6. The van der Waals surface area contributed by atoms with E-state index in [1.807, 2.05) is 13.8 Å². The lowest BCUT2D eigenvalue weighted by Gasteiger charge is -2.34. The van der Waals surface area contributed by atoms with Gasteiger partial charge < -0.3 is 15.0 Å². The van der Waals surface area contributed by atoms with Gasteiger partial charge in [0.1, 0.15) is 10.7 Å². The van der Waals surface area contributed by atoms with Gasteiger partial charge in [0.15, 0.2) is 0 Å². The van der Waals surface area contributed by atoms with Gasteiger partial charge in [-0.15, -0.1) is 0 Å². The van der Waals surface area contributed by atoms with Gasteiger partial charge in [0.25, 0.3) is 0 Å². The number of carbonyl (C=O) groups excluding carboxylic acids is 1. The van der Waals surface area contributed by atoms with E-state index in [0.717, 1.165) is 6.07 Å². The third-order valence-electron chi connectivity index (χ3n) is 4.03. The van der Waals surface area contributed by atoms with Crippen LogP contribution in [0.3, 0.4) is 0 Å². The molecule has 0 radical (unpaired) electrons. The fraction of sp³-hybridized carbons (Fsp3) is 0.588. The van der Waals surface area contributed by atoms with E-state index in [4.69, 9.17) is 4.74 Å². The van der Waals surface area contributed by atoms with Crippen LogP contribution in [0.15, 0.2) is 29.2 Å². The van der Waals surface area contributed by atoms with Crippen molar-refractivity contribution in [3.8, 4) is 0 Å². The fourth-order valence-electron chi connectivity index (χ4n) is 2.62. The van der Waals surface area contributed by atoms with Gasteiger partial charge in [-0.05, 0) is 32.4 Å². The molecule has 0 unspecified atom stereocenters. The maximum Gasteiger partial charge on any atom is 0.317 e. The predicted octanol–water partition coefficient (Wildman–Crippen LogP) is 1.66. The van der Waals surface area contributed by atoms with E-state index < -0.39 is 15.8 Å². The molecule has 2 rings (SSSR count). The highest BCUT2D eigenvalue weighted by molar-refractivity contribution is 7.89. The number of nitrogens with zero attached hydrogens (tertiary/aromatic N) is 2. The molecule has 0 saturated carbocycles. The van der Waals surface area contributed by atoms with Crippen LogP contribution in [0.5, 0.6) is 0 Å². The van der Waals surface area contributed by atoms with E-state index in [1.165, 1.54) is 22.5 Å². The summed E-state index contributed by atoms with van der Waals surface area (Å²) in [5.41, 5.74) is 0. The quantitative estimate of drug-likeness (QED) is 0.722. The lowest BCUT2D eigenvalue weighted by molar-refractivity contribution is 0.0770. The molecule has 2 amide bonds. The van der Waals surface area contributed by atoms with Crippen LogP contribution >= 0.6 is 0 Å². The molecule has 1 aromatic rings. The molecule has 0 bridgehead atoms. The van der Waals surface area contributed by atoms with E-state index in [1.54, 1.807) is 4.90 Å². The van der Waals surface area contributed by atoms with Crippen molar-refractivity contribution in [2.45, 2.75) is 31.3 Å². The summed E-state index contributed by atoms with van der Waals surface area (Å²) in [5.74, 6) is -0.767. The number of rotatable bonds is 7. The first-order valence-corrected chi connectivity index (χ1v) is 10.2. The first-order chi connectivity index (χ1) is 12.3. The molecule has 146 valence electrons. The van der Waals surface area contributed by atoms with Crippen LogP contribution in [-0.2, 0) is 14.8 Å². The Bertz CT molecular complexity index is 704. The molecule has 1 heterocycles. The maximum absolute atomic E-state index is 13.8. The molecular formula is C17H26FN3O4S. The summed E-state index contributed by atoms with van der Waals surface area (Å²) in [5, 5.41) is 2.80. The Morgan fingerprint density at radius 3 is 2.50 bits per heavy atom. The Kier molecular flexibility index (Phi) is 7.36. The molecule has 1 saturated heterocycles. The van der Waals surface area contributed by atoms with Crippen LogP contribution in [0.2, 0.25) is 0 Å². The third-order valence-corrected chi connectivity index (χ3v) is 5.96. The van der Waals surface area contributed by atoms with Gasteiger partial charge in [-0.3, -0.25) is 0 Å². The highest BCUT2D eigenvalue weighted by atomic mass is 32.2. The highest BCUT2D eigenvalue weighted by Crippen LogP contribution is 2.20. The van der Waals surface area contributed by atoms with Crippen molar-refractivity contribution in [1.29, 1.82) is 0 Å². The largest absolute Gasteiger partial charge is 0.379 e. The molecule has 0 atom stereocenters. The van der Waals surface area contributed by atoms with E-state index >= 15 is 0 Å². The molecule has 1 N–H and O–H groups in total. The van der Waals surface area contributed by atoms with E-state index in [0.29, 0.717) is 19.6 Å². The number of nitrogens with one attached hydrogen (secondary N) is 1. The van der Waals surface area contributed by atoms with Crippen LogP contribution < -0.4 is 5.32 Å². The smallest absolute Gasteiger partial charge is 0.317 e. The van der Waals surface area contributed by atoms with Crippen molar-refractivity contribution in [2.24, 2.45) is 0 Å².